The number of para-hydroxylation sites is 1. The summed E-state index contributed by atoms with van der Waals surface area (Å²) in [5.41, 5.74) is 3.02. The predicted octanol–water partition coefficient (Wildman–Crippen LogP) is 3.62. The molecule has 28 heavy (non-hydrogen) atoms. The van der Waals surface area contributed by atoms with Gasteiger partial charge in [0.15, 0.2) is 0 Å². The summed E-state index contributed by atoms with van der Waals surface area (Å²) in [5.74, 6) is -0.393. The molecule has 3 rings (SSSR count). The first-order valence-corrected chi connectivity index (χ1v) is 9.77. The molecule has 0 radical (unpaired) electrons. The van der Waals surface area contributed by atoms with Gasteiger partial charge in [0.05, 0.1) is 0 Å². The molecule has 2 amide bonds. The van der Waals surface area contributed by atoms with Crippen molar-refractivity contribution >= 4 is 23.2 Å². The number of aryl methyl sites for hydroxylation is 2. The molecule has 1 aliphatic rings. The zero-order chi connectivity index (χ0) is 20.3. The Balaban J connectivity index is 1.63. The van der Waals surface area contributed by atoms with Crippen LogP contribution < -0.4 is 10.2 Å². The molecular weight excluding hydrogens is 350 g/mol. The van der Waals surface area contributed by atoms with Crippen molar-refractivity contribution < 1.29 is 9.59 Å². The second kappa shape index (κ2) is 8.05. The Morgan fingerprint density at radius 1 is 0.929 bits per heavy atom. The summed E-state index contributed by atoms with van der Waals surface area (Å²) in [6.07, 6.45) is 0. The van der Waals surface area contributed by atoms with Gasteiger partial charge in [-0.3, -0.25) is 9.59 Å². The van der Waals surface area contributed by atoms with Crippen LogP contribution in [0.1, 0.15) is 25.0 Å². The minimum atomic E-state index is -1.12. The highest BCUT2D eigenvalue weighted by atomic mass is 16.2. The van der Waals surface area contributed by atoms with Crippen molar-refractivity contribution in [1.82, 2.24) is 4.90 Å². The van der Waals surface area contributed by atoms with Crippen LogP contribution in [0.4, 0.5) is 11.4 Å². The largest absolute Gasteiger partial charge is 0.368 e. The second-order valence-corrected chi connectivity index (χ2v) is 8.01. The van der Waals surface area contributed by atoms with Crippen LogP contribution in [0.25, 0.3) is 0 Å². The molecule has 0 aromatic heterocycles. The number of hydrogen-bond acceptors (Lipinski definition) is 3. The van der Waals surface area contributed by atoms with Crippen molar-refractivity contribution in [2.24, 2.45) is 5.41 Å². The highest BCUT2D eigenvalue weighted by Crippen LogP contribution is 2.25. The maximum absolute atomic E-state index is 13.1. The number of benzene rings is 2. The van der Waals surface area contributed by atoms with Crippen LogP contribution >= 0.6 is 0 Å². The highest BCUT2D eigenvalue weighted by Gasteiger charge is 2.40. The standard InChI is InChI=1S/C23H29N3O2/c1-17-8-7-10-19(16-17)25-12-14-26(15-13-25)22(28)23(3,4)21(27)24-20-11-6-5-9-18(20)2/h5-11,16H,12-15H2,1-4H3,(H,24,27). The zero-order valence-corrected chi connectivity index (χ0v) is 17.2. The summed E-state index contributed by atoms with van der Waals surface area (Å²) >= 11 is 0. The first-order chi connectivity index (χ1) is 13.3. The molecule has 0 saturated carbocycles. The van der Waals surface area contributed by atoms with Gasteiger partial charge in [0.2, 0.25) is 11.8 Å². The van der Waals surface area contributed by atoms with E-state index in [0.717, 1.165) is 24.3 Å². The first-order valence-electron chi connectivity index (χ1n) is 9.77. The molecule has 5 nitrogen and oxygen atoms in total. The summed E-state index contributed by atoms with van der Waals surface area (Å²) in [4.78, 5) is 30.0. The monoisotopic (exact) mass is 379 g/mol. The van der Waals surface area contributed by atoms with Crippen LogP contribution in [0.15, 0.2) is 48.5 Å². The average Bonchev–Trinajstić information content (AvgIpc) is 2.69. The average molecular weight is 380 g/mol. The summed E-state index contributed by atoms with van der Waals surface area (Å²) in [7, 11) is 0. The molecule has 5 heteroatoms. The van der Waals surface area contributed by atoms with Gasteiger partial charge in [-0.05, 0) is 57.0 Å². The molecule has 0 bridgehead atoms. The Morgan fingerprint density at radius 2 is 1.61 bits per heavy atom. The molecule has 1 saturated heterocycles. The van der Waals surface area contributed by atoms with Crippen LogP contribution in [0.2, 0.25) is 0 Å². The molecular formula is C23H29N3O2. The zero-order valence-electron chi connectivity index (χ0n) is 17.2. The molecule has 0 unspecified atom stereocenters. The maximum atomic E-state index is 13.1. The molecule has 2 aromatic rings. The molecule has 0 atom stereocenters. The normalized spacial score (nSPS) is 14.7. The van der Waals surface area contributed by atoms with Crippen molar-refractivity contribution in [2.45, 2.75) is 27.7 Å². The van der Waals surface area contributed by atoms with Gasteiger partial charge in [0.25, 0.3) is 0 Å². The number of hydrogen-bond donors (Lipinski definition) is 1. The van der Waals surface area contributed by atoms with Gasteiger partial charge >= 0.3 is 0 Å². The molecule has 0 spiro atoms. The van der Waals surface area contributed by atoms with Gasteiger partial charge in [-0.15, -0.1) is 0 Å². The Labute approximate surface area is 167 Å². The lowest BCUT2D eigenvalue weighted by Gasteiger charge is -2.39. The summed E-state index contributed by atoms with van der Waals surface area (Å²) < 4.78 is 0. The molecule has 1 heterocycles. The van der Waals surface area contributed by atoms with Crippen molar-refractivity contribution in [3.8, 4) is 0 Å². The van der Waals surface area contributed by atoms with E-state index in [0.29, 0.717) is 13.1 Å². The van der Waals surface area contributed by atoms with Crippen LogP contribution in [0.3, 0.4) is 0 Å². The molecule has 148 valence electrons. The van der Waals surface area contributed by atoms with Gasteiger partial charge in [-0.1, -0.05) is 30.3 Å². The van der Waals surface area contributed by atoms with Gasteiger partial charge in [-0.25, -0.2) is 0 Å². The van der Waals surface area contributed by atoms with E-state index in [1.165, 1.54) is 11.3 Å². The Morgan fingerprint density at radius 3 is 2.25 bits per heavy atom. The maximum Gasteiger partial charge on any atom is 0.239 e. The third-order valence-corrected chi connectivity index (χ3v) is 5.43. The molecule has 0 aliphatic carbocycles. The van der Waals surface area contributed by atoms with Crippen molar-refractivity contribution in [3.05, 3.63) is 59.7 Å². The quantitative estimate of drug-likeness (QED) is 0.826. The number of piperazine rings is 1. The van der Waals surface area contributed by atoms with Crippen molar-refractivity contribution in [2.75, 3.05) is 36.4 Å². The van der Waals surface area contributed by atoms with Crippen LogP contribution in [0, 0.1) is 19.3 Å². The highest BCUT2D eigenvalue weighted by molar-refractivity contribution is 6.10. The van der Waals surface area contributed by atoms with E-state index in [4.69, 9.17) is 0 Å². The van der Waals surface area contributed by atoms with E-state index in [9.17, 15) is 9.59 Å². The number of anilines is 2. The Kier molecular flexibility index (Phi) is 5.73. The molecule has 2 aromatic carbocycles. The number of carbonyl (C=O) groups is 2. The van der Waals surface area contributed by atoms with E-state index in [-0.39, 0.29) is 11.8 Å². The third kappa shape index (κ3) is 4.19. The Bertz CT molecular complexity index is 868. The fourth-order valence-corrected chi connectivity index (χ4v) is 3.48. The first kappa shape index (κ1) is 19.9. The lowest BCUT2D eigenvalue weighted by molar-refractivity contribution is -0.146. The SMILES string of the molecule is Cc1cccc(N2CCN(C(=O)C(C)(C)C(=O)Nc3ccccc3C)CC2)c1. The van der Waals surface area contributed by atoms with Gasteiger partial charge in [0, 0.05) is 37.6 Å². The molecule has 1 N–H and O–H groups in total. The van der Waals surface area contributed by atoms with E-state index < -0.39 is 5.41 Å². The number of amides is 2. The van der Waals surface area contributed by atoms with E-state index in [2.05, 4.69) is 41.4 Å². The van der Waals surface area contributed by atoms with E-state index in [1.54, 1.807) is 13.8 Å². The predicted molar refractivity (Wildman–Crippen MR) is 114 cm³/mol. The summed E-state index contributed by atoms with van der Waals surface area (Å²) in [6.45, 7) is 10.2. The fraction of sp³-hybridized carbons (Fsp3) is 0.391. The topological polar surface area (TPSA) is 52.7 Å². The second-order valence-electron chi connectivity index (χ2n) is 8.01. The number of nitrogens with zero attached hydrogens (tertiary/aromatic N) is 2. The van der Waals surface area contributed by atoms with Crippen molar-refractivity contribution in [3.63, 3.8) is 0 Å². The Hall–Kier alpha value is -2.82. The molecule has 1 aliphatic heterocycles. The fourth-order valence-electron chi connectivity index (χ4n) is 3.48. The minimum absolute atomic E-state index is 0.123. The van der Waals surface area contributed by atoms with Crippen LogP contribution in [-0.2, 0) is 9.59 Å². The van der Waals surface area contributed by atoms with Gasteiger partial charge < -0.3 is 15.1 Å². The van der Waals surface area contributed by atoms with Gasteiger partial charge in [-0.2, -0.15) is 0 Å². The summed E-state index contributed by atoms with van der Waals surface area (Å²) in [6, 6.07) is 16.0. The molecule has 1 fully saturated rings. The number of nitrogens with one attached hydrogen (secondary N) is 1. The minimum Gasteiger partial charge on any atom is -0.368 e. The van der Waals surface area contributed by atoms with E-state index >= 15 is 0 Å². The number of rotatable bonds is 4. The lowest BCUT2D eigenvalue weighted by atomic mass is 9.89. The van der Waals surface area contributed by atoms with Gasteiger partial charge in [0.1, 0.15) is 5.41 Å². The van der Waals surface area contributed by atoms with Crippen LogP contribution in [-0.4, -0.2) is 42.9 Å². The lowest BCUT2D eigenvalue weighted by Crippen LogP contribution is -2.54. The third-order valence-electron chi connectivity index (χ3n) is 5.43. The van der Waals surface area contributed by atoms with Crippen molar-refractivity contribution in [1.29, 1.82) is 0 Å². The summed E-state index contributed by atoms with van der Waals surface area (Å²) in [5, 5.41) is 2.91. The smallest absolute Gasteiger partial charge is 0.239 e. The number of carbonyl (C=O) groups excluding carboxylic acids is 2. The van der Waals surface area contributed by atoms with Crippen LogP contribution in [0.5, 0.6) is 0 Å². The van der Waals surface area contributed by atoms with E-state index in [1.807, 2.05) is 36.1 Å².